The topological polar surface area (TPSA) is 63.6 Å². The van der Waals surface area contributed by atoms with Gasteiger partial charge in [-0.1, -0.05) is 65.4 Å². The van der Waals surface area contributed by atoms with Gasteiger partial charge in [0.05, 0.1) is 12.8 Å². The molecule has 1 atom stereocenters. The molecule has 0 saturated heterocycles. The lowest BCUT2D eigenvalue weighted by molar-refractivity contribution is -0.150. The lowest BCUT2D eigenvalue weighted by Crippen LogP contribution is -2.18. The first-order chi connectivity index (χ1) is 11.5. The smallest absolute Gasteiger partial charge is 0.306 e. The summed E-state index contributed by atoms with van der Waals surface area (Å²) in [5.41, 5.74) is 0. The lowest BCUT2D eigenvalue weighted by Gasteiger charge is -2.16. The predicted molar refractivity (Wildman–Crippen MR) is 98.0 cm³/mol. The molecule has 0 aromatic heterocycles. The molecule has 0 amide bonds. The molecule has 0 fully saturated rings. The molecule has 24 heavy (non-hydrogen) atoms. The van der Waals surface area contributed by atoms with Gasteiger partial charge in [0.15, 0.2) is 0 Å². The number of carboxylic acids is 1. The van der Waals surface area contributed by atoms with Crippen LogP contribution in [0.25, 0.3) is 0 Å². The molecule has 0 aliphatic heterocycles. The Kier molecular flexibility index (Phi) is 14.4. The van der Waals surface area contributed by atoms with Crippen molar-refractivity contribution in [1.82, 2.24) is 0 Å². The van der Waals surface area contributed by atoms with E-state index in [9.17, 15) is 9.59 Å². The third kappa shape index (κ3) is 15.6. The van der Waals surface area contributed by atoms with Gasteiger partial charge >= 0.3 is 11.9 Å². The second-order valence-electron chi connectivity index (χ2n) is 6.89. The highest BCUT2D eigenvalue weighted by atomic mass is 16.5. The number of ether oxygens (including phenoxy) is 1. The van der Waals surface area contributed by atoms with E-state index >= 15 is 0 Å². The summed E-state index contributed by atoms with van der Waals surface area (Å²) < 4.78 is 5.39. The molecule has 0 bridgehead atoms. The van der Waals surface area contributed by atoms with Crippen LogP contribution in [-0.2, 0) is 14.3 Å². The fourth-order valence-electron chi connectivity index (χ4n) is 2.53. The van der Waals surface area contributed by atoms with E-state index in [4.69, 9.17) is 9.84 Å². The summed E-state index contributed by atoms with van der Waals surface area (Å²) in [4.78, 5) is 22.2. The van der Waals surface area contributed by atoms with Crippen molar-refractivity contribution in [3.05, 3.63) is 12.2 Å². The second kappa shape index (κ2) is 15.2. The summed E-state index contributed by atoms with van der Waals surface area (Å²) in [5, 5.41) is 8.61. The van der Waals surface area contributed by atoms with E-state index in [0.717, 1.165) is 12.8 Å². The van der Waals surface area contributed by atoms with Crippen molar-refractivity contribution in [3.8, 4) is 0 Å². The molecule has 0 heterocycles. The van der Waals surface area contributed by atoms with Gasteiger partial charge in [-0.05, 0) is 31.3 Å². The molecule has 140 valence electrons. The summed E-state index contributed by atoms with van der Waals surface area (Å²) >= 11 is 0. The van der Waals surface area contributed by atoms with E-state index in [0.29, 0.717) is 5.92 Å². The average molecular weight is 341 g/mol. The normalized spacial score (nSPS) is 12.7. The van der Waals surface area contributed by atoms with E-state index in [1.54, 1.807) is 0 Å². The summed E-state index contributed by atoms with van der Waals surface area (Å²) in [6.45, 7) is 6.40. The van der Waals surface area contributed by atoms with Gasteiger partial charge in [0.1, 0.15) is 6.10 Å². The van der Waals surface area contributed by atoms with Crippen LogP contribution in [0.3, 0.4) is 0 Å². The summed E-state index contributed by atoms with van der Waals surface area (Å²) in [5.74, 6) is -0.976. The molecule has 4 heteroatoms. The van der Waals surface area contributed by atoms with Crippen LogP contribution in [0.4, 0.5) is 0 Å². The summed E-state index contributed by atoms with van der Waals surface area (Å²) in [6, 6.07) is 0. The van der Waals surface area contributed by atoms with E-state index in [-0.39, 0.29) is 18.9 Å². The molecule has 0 saturated carbocycles. The maximum atomic E-state index is 11.7. The molecule has 0 aliphatic rings. The fraction of sp³-hybridized carbons (Fsp3) is 0.800. The SMILES string of the molecule is CCCCCCCCC/C=C/C(CC(C)C)OC(=O)CCC(=O)O. The zero-order chi connectivity index (χ0) is 18.2. The van der Waals surface area contributed by atoms with Crippen LogP contribution in [0.15, 0.2) is 12.2 Å². The zero-order valence-electron chi connectivity index (χ0n) is 15.8. The van der Waals surface area contributed by atoms with Crippen molar-refractivity contribution in [3.63, 3.8) is 0 Å². The van der Waals surface area contributed by atoms with Gasteiger partial charge in [0.2, 0.25) is 0 Å². The number of aliphatic carboxylic acids is 1. The number of carboxylic acid groups (broad SMARTS) is 1. The predicted octanol–water partition coefficient (Wildman–Crippen LogP) is 5.51. The number of hydrogen-bond donors (Lipinski definition) is 1. The van der Waals surface area contributed by atoms with Crippen LogP contribution in [0.5, 0.6) is 0 Å². The minimum absolute atomic E-state index is 0.0600. The van der Waals surface area contributed by atoms with E-state index < -0.39 is 11.9 Å². The average Bonchev–Trinajstić information content (AvgIpc) is 2.50. The van der Waals surface area contributed by atoms with Crippen molar-refractivity contribution in [2.45, 2.75) is 97.5 Å². The summed E-state index contributed by atoms with van der Waals surface area (Å²) in [7, 11) is 0. The van der Waals surface area contributed by atoms with E-state index in [2.05, 4.69) is 26.8 Å². The molecule has 0 spiro atoms. The van der Waals surface area contributed by atoms with Crippen molar-refractivity contribution >= 4 is 11.9 Å². The van der Waals surface area contributed by atoms with Crippen LogP contribution < -0.4 is 0 Å². The van der Waals surface area contributed by atoms with Crippen LogP contribution in [0.2, 0.25) is 0 Å². The Morgan fingerprint density at radius 3 is 2.21 bits per heavy atom. The van der Waals surface area contributed by atoms with Crippen LogP contribution in [-0.4, -0.2) is 23.1 Å². The minimum Gasteiger partial charge on any atom is -0.481 e. The number of carbonyl (C=O) groups excluding carboxylic acids is 1. The molecule has 0 aromatic carbocycles. The largest absolute Gasteiger partial charge is 0.481 e. The third-order valence-corrected chi connectivity index (χ3v) is 3.85. The second-order valence-corrected chi connectivity index (χ2v) is 6.89. The van der Waals surface area contributed by atoms with Crippen LogP contribution in [0, 0.1) is 5.92 Å². The van der Waals surface area contributed by atoms with Crippen LogP contribution in [0.1, 0.15) is 91.4 Å². The summed E-state index contributed by atoms with van der Waals surface area (Å²) in [6.07, 6.45) is 14.4. The molecule has 0 rings (SSSR count). The Labute approximate surface area is 147 Å². The van der Waals surface area contributed by atoms with Gasteiger partial charge in [0.25, 0.3) is 0 Å². The van der Waals surface area contributed by atoms with Gasteiger partial charge in [-0.15, -0.1) is 0 Å². The van der Waals surface area contributed by atoms with Crippen molar-refractivity contribution < 1.29 is 19.4 Å². The van der Waals surface area contributed by atoms with Crippen molar-refractivity contribution in [2.24, 2.45) is 5.92 Å². The molecular formula is C20H36O4. The Balaban J connectivity index is 3.99. The van der Waals surface area contributed by atoms with E-state index in [1.165, 1.54) is 44.9 Å². The highest BCUT2D eigenvalue weighted by Gasteiger charge is 2.14. The number of hydrogen-bond acceptors (Lipinski definition) is 3. The third-order valence-electron chi connectivity index (χ3n) is 3.85. The van der Waals surface area contributed by atoms with Crippen LogP contribution >= 0.6 is 0 Å². The van der Waals surface area contributed by atoms with Gasteiger partial charge < -0.3 is 9.84 Å². The highest BCUT2D eigenvalue weighted by Crippen LogP contribution is 2.13. The first kappa shape index (κ1) is 22.7. The number of carbonyl (C=O) groups is 2. The van der Waals surface area contributed by atoms with Gasteiger partial charge in [-0.25, -0.2) is 0 Å². The molecule has 0 aromatic rings. The highest BCUT2D eigenvalue weighted by molar-refractivity contribution is 5.76. The lowest BCUT2D eigenvalue weighted by atomic mass is 10.0. The van der Waals surface area contributed by atoms with Crippen molar-refractivity contribution in [2.75, 3.05) is 0 Å². The number of allylic oxidation sites excluding steroid dienone is 1. The van der Waals surface area contributed by atoms with Crippen molar-refractivity contribution in [1.29, 1.82) is 0 Å². The number of esters is 1. The van der Waals surface area contributed by atoms with Gasteiger partial charge in [-0.2, -0.15) is 0 Å². The molecule has 1 unspecified atom stereocenters. The standard InChI is InChI=1S/C20H36O4/c1-4-5-6-7-8-9-10-11-12-13-18(16-17(2)3)24-20(23)15-14-19(21)22/h12-13,17-18H,4-11,14-16H2,1-3H3,(H,21,22)/b13-12+. The molecule has 0 aliphatic carbocycles. The molecule has 0 radical (unpaired) electrons. The number of rotatable bonds is 15. The minimum atomic E-state index is -0.971. The monoisotopic (exact) mass is 340 g/mol. The fourth-order valence-corrected chi connectivity index (χ4v) is 2.53. The molecular weight excluding hydrogens is 304 g/mol. The first-order valence-corrected chi connectivity index (χ1v) is 9.53. The zero-order valence-corrected chi connectivity index (χ0v) is 15.8. The Morgan fingerprint density at radius 1 is 1.00 bits per heavy atom. The first-order valence-electron chi connectivity index (χ1n) is 9.53. The maximum Gasteiger partial charge on any atom is 0.306 e. The Bertz CT molecular complexity index is 361. The quantitative estimate of drug-likeness (QED) is 0.243. The number of unbranched alkanes of at least 4 members (excludes halogenated alkanes) is 7. The Morgan fingerprint density at radius 2 is 1.62 bits per heavy atom. The maximum absolute atomic E-state index is 11.7. The molecule has 1 N–H and O–H groups in total. The van der Waals surface area contributed by atoms with E-state index in [1.807, 2.05) is 6.08 Å². The van der Waals surface area contributed by atoms with Gasteiger partial charge in [-0.3, -0.25) is 9.59 Å². The Hall–Kier alpha value is -1.32. The molecule has 4 nitrogen and oxygen atoms in total. The van der Waals surface area contributed by atoms with Gasteiger partial charge in [0, 0.05) is 0 Å².